The summed E-state index contributed by atoms with van der Waals surface area (Å²) in [5, 5.41) is 3.23. The van der Waals surface area contributed by atoms with E-state index in [1.165, 1.54) is 12.1 Å². The number of aldehydes is 1. The summed E-state index contributed by atoms with van der Waals surface area (Å²) in [5.74, 6) is -0.0523. The van der Waals surface area contributed by atoms with Crippen LogP contribution in [0.15, 0.2) is 24.3 Å². The molecule has 1 fully saturated rings. The minimum atomic E-state index is -0.465. The van der Waals surface area contributed by atoms with Crippen molar-refractivity contribution in [2.24, 2.45) is 5.92 Å². The molecule has 122 valence electrons. The van der Waals surface area contributed by atoms with Crippen molar-refractivity contribution >= 4 is 12.3 Å². The van der Waals surface area contributed by atoms with Crippen LogP contribution in [0.1, 0.15) is 44.0 Å². The third-order valence-electron chi connectivity index (χ3n) is 3.07. The molecular weight excluding hydrogens is 285 g/mol. The fourth-order valence-corrected chi connectivity index (χ4v) is 2.08. The van der Waals surface area contributed by atoms with E-state index in [4.69, 9.17) is 4.74 Å². The number of rotatable bonds is 3. The van der Waals surface area contributed by atoms with E-state index in [0.29, 0.717) is 18.6 Å². The molecule has 0 aromatic heterocycles. The zero-order valence-corrected chi connectivity index (χ0v) is 13.4. The molecule has 0 unspecified atom stereocenters. The number of benzene rings is 1. The first-order chi connectivity index (χ1) is 10.3. The SMILES string of the molecule is CC(C)(C)OC(=O)C[C@H]1CCNC1.O=Cc1ccccc1F. The number of carbonyl (C=O) groups is 2. The molecule has 1 aromatic rings. The highest BCUT2D eigenvalue weighted by Crippen LogP contribution is 2.16. The molecule has 5 heteroatoms. The van der Waals surface area contributed by atoms with Crippen LogP contribution >= 0.6 is 0 Å². The summed E-state index contributed by atoms with van der Waals surface area (Å²) in [4.78, 5) is 21.4. The lowest BCUT2D eigenvalue weighted by Crippen LogP contribution is -2.25. The van der Waals surface area contributed by atoms with E-state index in [1.807, 2.05) is 20.8 Å². The highest BCUT2D eigenvalue weighted by Gasteiger charge is 2.22. The Morgan fingerprint density at radius 3 is 2.55 bits per heavy atom. The maximum absolute atomic E-state index is 12.4. The fraction of sp³-hybridized carbons (Fsp3) is 0.529. The first kappa shape index (κ1) is 18.3. The third kappa shape index (κ3) is 7.31. The van der Waals surface area contributed by atoms with Gasteiger partial charge in [-0.05, 0) is 58.3 Å². The molecule has 1 N–H and O–H groups in total. The second-order valence-electron chi connectivity index (χ2n) is 6.29. The van der Waals surface area contributed by atoms with Crippen molar-refractivity contribution in [2.45, 2.75) is 39.2 Å². The minimum absolute atomic E-state index is 0.0683. The maximum Gasteiger partial charge on any atom is 0.306 e. The monoisotopic (exact) mass is 309 g/mol. The number of ether oxygens (including phenoxy) is 1. The van der Waals surface area contributed by atoms with Crippen LogP contribution in [0.25, 0.3) is 0 Å². The van der Waals surface area contributed by atoms with Crippen LogP contribution in [0.5, 0.6) is 0 Å². The first-order valence-electron chi connectivity index (χ1n) is 7.44. The van der Waals surface area contributed by atoms with Gasteiger partial charge in [-0.25, -0.2) is 4.39 Å². The Balaban J connectivity index is 0.000000235. The highest BCUT2D eigenvalue weighted by atomic mass is 19.1. The molecule has 4 nitrogen and oxygen atoms in total. The zero-order valence-electron chi connectivity index (χ0n) is 13.4. The molecule has 1 aromatic carbocycles. The number of carbonyl (C=O) groups excluding carboxylic acids is 2. The zero-order chi connectivity index (χ0) is 16.6. The van der Waals surface area contributed by atoms with Gasteiger partial charge in [0.25, 0.3) is 0 Å². The summed E-state index contributed by atoms with van der Waals surface area (Å²) in [6, 6.07) is 5.85. The lowest BCUT2D eigenvalue weighted by atomic mass is 10.1. The second-order valence-corrected chi connectivity index (χ2v) is 6.29. The summed E-state index contributed by atoms with van der Waals surface area (Å²) in [5.41, 5.74) is -0.235. The predicted octanol–water partition coefficient (Wildman–Crippen LogP) is 2.97. The van der Waals surface area contributed by atoms with E-state index in [2.05, 4.69) is 5.32 Å². The lowest BCUT2D eigenvalue weighted by molar-refractivity contribution is -0.155. The fourth-order valence-electron chi connectivity index (χ4n) is 2.08. The van der Waals surface area contributed by atoms with E-state index < -0.39 is 5.82 Å². The predicted molar refractivity (Wildman–Crippen MR) is 83.2 cm³/mol. The molecule has 0 radical (unpaired) electrons. The molecule has 0 bridgehead atoms. The van der Waals surface area contributed by atoms with Crippen LogP contribution in [0.3, 0.4) is 0 Å². The van der Waals surface area contributed by atoms with Crippen LogP contribution in [0, 0.1) is 11.7 Å². The van der Waals surface area contributed by atoms with Gasteiger partial charge in [-0.1, -0.05) is 12.1 Å². The van der Waals surface area contributed by atoms with Crippen molar-refractivity contribution in [3.05, 3.63) is 35.6 Å². The summed E-state index contributed by atoms with van der Waals surface area (Å²) >= 11 is 0. The van der Waals surface area contributed by atoms with Crippen LogP contribution in [-0.4, -0.2) is 30.9 Å². The number of halogens is 1. The molecule has 1 heterocycles. The minimum Gasteiger partial charge on any atom is -0.460 e. The van der Waals surface area contributed by atoms with E-state index in [0.717, 1.165) is 19.5 Å². The lowest BCUT2D eigenvalue weighted by Gasteiger charge is -2.20. The Hall–Kier alpha value is -1.75. The van der Waals surface area contributed by atoms with Crippen LogP contribution in [-0.2, 0) is 9.53 Å². The number of hydrogen-bond donors (Lipinski definition) is 1. The molecule has 0 saturated carbocycles. The van der Waals surface area contributed by atoms with Crippen molar-refractivity contribution in [3.8, 4) is 0 Å². The Kier molecular flexibility index (Phi) is 7.18. The molecule has 1 aliphatic rings. The van der Waals surface area contributed by atoms with Gasteiger partial charge in [-0.15, -0.1) is 0 Å². The van der Waals surface area contributed by atoms with Gasteiger partial charge in [0.05, 0.1) is 5.56 Å². The van der Waals surface area contributed by atoms with Gasteiger partial charge in [0.2, 0.25) is 0 Å². The largest absolute Gasteiger partial charge is 0.460 e. The van der Waals surface area contributed by atoms with Crippen molar-refractivity contribution in [3.63, 3.8) is 0 Å². The molecule has 2 rings (SSSR count). The van der Waals surface area contributed by atoms with Crippen molar-refractivity contribution in [2.75, 3.05) is 13.1 Å². The summed E-state index contributed by atoms with van der Waals surface area (Å²) in [6.07, 6.45) is 2.15. The van der Waals surface area contributed by atoms with Crippen LogP contribution < -0.4 is 5.32 Å². The normalized spacial score (nSPS) is 17.4. The van der Waals surface area contributed by atoms with Gasteiger partial charge in [-0.2, -0.15) is 0 Å². The van der Waals surface area contributed by atoms with Gasteiger partial charge in [-0.3, -0.25) is 9.59 Å². The Bertz CT molecular complexity index is 491. The summed E-state index contributed by atoms with van der Waals surface area (Å²) in [6.45, 7) is 7.69. The topological polar surface area (TPSA) is 55.4 Å². The van der Waals surface area contributed by atoms with Crippen LogP contribution in [0.2, 0.25) is 0 Å². The molecule has 1 aliphatic heterocycles. The maximum atomic E-state index is 12.4. The molecule has 22 heavy (non-hydrogen) atoms. The van der Waals surface area contributed by atoms with Gasteiger partial charge in [0, 0.05) is 6.42 Å². The molecule has 0 aliphatic carbocycles. The standard InChI is InChI=1S/C10H19NO2.C7H5FO/c1-10(2,3)13-9(12)6-8-4-5-11-7-8;8-7-4-2-1-3-6(7)5-9/h8,11H,4-7H2,1-3H3;1-5H/t8-;/m1./s1. The van der Waals surface area contributed by atoms with Crippen molar-refractivity contribution in [1.29, 1.82) is 0 Å². The van der Waals surface area contributed by atoms with E-state index in [1.54, 1.807) is 12.1 Å². The Morgan fingerprint density at radius 1 is 1.41 bits per heavy atom. The van der Waals surface area contributed by atoms with Gasteiger partial charge < -0.3 is 10.1 Å². The van der Waals surface area contributed by atoms with Gasteiger partial charge in [0.15, 0.2) is 6.29 Å². The summed E-state index contributed by atoms with van der Waals surface area (Å²) < 4.78 is 17.6. The quantitative estimate of drug-likeness (QED) is 0.689. The van der Waals surface area contributed by atoms with E-state index in [-0.39, 0.29) is 17.1 Å². The molecule has 0 amide bonds. The molecule has 1 saturated heterocycles. The van der Waals surface area contributed by atoms with E-state index >= 15 is 0 Å². The molecule has 1 atom stereocenters. The van der Waals surface area contributed by atoms with Gasteiger partial charge in [0.1, 0.15) is 11.4 Å². The van der Waals surface area contributed by atoms with Crippen molar-refractivity contribution in [1.82, 2.24) is 5.32 Å². The van der Waals surface area contributed by atoms with Gasteiger partial charge >= 0.3 is 5.97 Å². The molecule has 0 spiro atoms. The highest BCUT2D eigenvalue weighted by molar-refractivity contribution is 5.74. The number of esters is 1. The first-order valence-corrected chi connectivity index (χ1v) is 7.44. The summed E-state index contributed by atoms with van der Waals surface area (Å²) in [7, 11) is 0. The average molecular weight is 309 g/mol. The van der Waals surface area contributed by atoms with Crippen molar-refractivity contribution < 1.29 is 18.7 Å². The second kappa shape index (κ2) is 8.63. The number of hydrogen-bond acceptors (Lipinski definition) is 4. The van der Waals surface area contributed by atoms with E-state index in [9.17, 15) is 14.0 Å². The van der Waals surface area contributed by atoms with Crippen LogP contribution in [0.4, 0.5) is 4.39 Å². The average Bonchev–Trinajstić information content (AvgIpc) is 2.90. The smallest absolute Gasteiger partial charge is 0.306 e. The number of nitrogens with one attached hydrogen (secondary N) is 1. The Labute approximate surface area is 131 Å². The molecular formula is C17H24FNO3. The third-order valence-corrected chi connectivity index (χ3v) is 3.07. The Morgan fingerprint density at radius 2 is 2.09 bits per heavy atom.